The van der Waals surface area contributed by atoms with Gasteiger partial charge < -0.3 is 11.1 Å². The van der Waals surface area contributed by atoms with Crippen LogP contribution in [0.4, 0.5) is 17.3 Å². The summed E-state index contributed by atoms with van der Waals surface area (Å²) in [7, 11) is 0. The maximum Gasteiger partial charge on any atom is 0.139 e. The molecule has 2 rings (SSSR count). The van der Waals surface area contributed by atoms with Crippen molar-refractivity contribution in [3.05, 3.63) is 41.7 Å². The smallest absolute Gasteiger partial charge is 0.139 e. The zero-order valence-corrected chi connectivity index (χ0v) is 12.2. The number of aromatic nitrogens is 2. The number of nitrogens with one attached hydrogen (secondary N) is 1. The molecule has 0 fully saturated rings. The Kier molecular flexibility index (Phi) is 4.93. The molecule has 0 spiro atoms. The SMILES string of the molecule is CCCc1ccc(Nc2ncnc(N)c2CCC)cc1. The molecule has 0 atom stereocenters. The standard InChI is InChI=1S/C16H22N4/c1-3-5-12-7-9-13(10-8-12)20-16-14(6-4-2)15(17)18-11-19-16/h7-11H,3-6H2,1-2H3,(H3,17,18,19,20). The van der Waals surface area contributed by atoms with Gasteiger partial charge in [0.25, 0.3) is 0 Å². The summed E-state index contributed by atoms with van der Waals surface area (Å²) in [5.41, 5.74) is 9.31. The van der Waals surface area contributed by atoms with Gasteiger partial charge in [0.1, 0.15) is 18.0 Å². The van der Waals surface area contributed by atoms with Crippen LogP contribution in [0.1, 0.15) is 37.8 Å². The number of nitrogens with two attached hydrogens (primary N) is 1. The molecule has 1 aromatic carbocycles. The van der Waals surface area contributed by atoms with Crippen molar-refractivity contribution in [2.75, 3.05) is 11.1 Å². The lowest BCUT2D eigenvalue weighted by Crippen LogP contribution is -2.05. The highest BCUT2D eigenvalue weighted by Gasteiger charge is 2.08. The molecule has 4 nitrogen and oxygen atoms in total. The predicted molar refractivity (Wildman–Crippen MR) is 84.2 cm³/mol. The lowest BCUT2D eigenvalue weighted by atomic mass is 10.1. The summed E-state index contributed by atoms with van der Waals surface area (Å²) in [5, 5.41) is 3.34. The van der Waals surface area contributed by atoms with E-state index in [-0.39, 0.29) is 0 Å². The average Bonchev–Trinajstić information content (AvgIpc) is 2.45. The van der Waals surface area contributed by atoms with Gasteiger partial charge in [-0.2, -0.15) is 0 Å². The van der Waals surface area contributed by atoms with Crippen molar-refractivity contribution >= 4 is 17.3 Å². The molecule has 0 amide bonds. The lowest BCUT2D eigenvalue weighted by molar-refractivity contribution is 0.908. The van der Waals surface area contributed by atoms with Gasteiger partial charge in [-0.15, -0.1) is 0 Å². The van der Waals surface area contributed by atoms with Crippen LogP contribution in [0.25, 0.3) is 0 Å². The van der Waals surface area contributed by atoms with E-state index in [2.05, 4.69) is 53.4 Å². The Bertz CT molecular complexity index is 549. The second kappa shape index (κ2) is 6.89. The number of hydrogen-bond acceptors (Lipinski definition) is 4. The van der Waals surface area contributed by atoms with E-state index in [4.69, 9.17) is 5.73 Å². The number of nitrogen functional groups attached to an aromatic ring is 1. The molecular formula is C16H22N4. The highest BCUT2D eigenvalue weighted by atomic mass is 15.0. The molecule has 0 aliphatic carbocycles. The first-order valence-electron chi connectivity index (χ1n) is 7.19. The maximum atomic E-state index is 5.93. The molecule has 106 valence electrons. The molecule has 20 heavy (non-hydrogen) atoms. The summed E-state index contributed by atoms with van der Waals surface area (Å²) in [6.07, 6.45) is 5.67. The minimum Gasteiger partial charge on any atom is -0.383 e. The third-order valence-corrected chi connectivity index (χ3v) is 3.23. The third kappa shape index (κ3) is 3.47. The minimum absolute atomic E-state index is 0.562. The van der Waals surface area contributed by atoms with Gasteiger partial charge >= 0.3 is 0 Å². The molecule has 0 bridgehead atoms. The van der Waals surface area contributed by atoms with Crippen LogP contribution in [0.5, 0.6) is 0 Å². The molecule has 1 aromatic heterocycles. The van der Waals surface area contributed by atoms with Crippen LogP contribution in [0.3, 0.4) is 0 Å². The van der Waals surface area contributed by atoms with Gasteiger partial charge in [-0.05, 0) is 30.5 Å². The maximum absolute atomic E-state index is 5.93. The van der Waals surface area contributed by atoms with Gasteiger partial charge in [-0.1, -0.05) is 38.8 Å². The molecule has 0 unspecified atom stereocenters. The first kappa shape index (κ1) is 14.3. The fraction of sp³-hybridized carbons (Fsp3) is 0.375. The number of benzene rings is 1. The van der Waals surface area contributed by atoms with E-state index in [9.17, 15) is 0 Å². The van der Waals surface area contributed by atoms with E-state index < -0.39 is 0 Å². The highest BCUT2D eigenvalue weighted by molar-refractivity contribution is 5.63. The first-order valence-corrected chi connectivity index (χ1v) is 7.19. The van der Waals surface area contributed by atoms with Gasteiger partial charge in [0.2, 0.25) is 0 Å². The van der Waals surface area contributed by atoms with Crippen LogP contribution in [0.2, 0.25) is 0 Å². The van der Waals surface area contributed by atoms with Gasteiger partial charge in [0.05, 0.1) is 0 Å². The van der Waals surface area contributed by atoms with Crippen molar-refractivity contribution < 1.29 is 0 Å². The monoisotopic (exact) mass is 270 g/mol. The number of hydrogen-bond donors (Lipinski definition) is 2. The Morgan fingerprint density at radius 2 is 1.70 bits per heavy atom. The number of aryl methyl sites for hydroxylation is 1. The summed E-state index contributed by atoms with van der Waals surface area (Å²) in [4.78, 5) is 8.38. The molecular weight excluding hydrogens is 248 g/mol. The summed E-state index contributed by atoms with van der Waals surface area (Å²) >= 11 is 0. The summed E-state index contributed by atoms with van der Waals surface area (Å²) < 4.78 is 0. The van der Waals surface area contributed by atoms with E-state index in [1.165, 1.54) is 11.9 Å². The van der Waals surface area contributed by atoms with E-state index in [1.54, 1.807) is 0 Å². The van der Waals surface area contributed by atoms with Gasteiger partial charge in [0.15, 0.2) is 0 Å². The summed E-state index contributed by atoms with van der Waals surface area (Å²) in [6, 6.07) is 8.46. The van der Waals surface area contributed by atoms with Crippen LogP contribution in [0, 0.1) is 0 Å². The van der Waals surface area contributed by atoms with E-state index in [0.29, 0.717) is 5.82 Å². The average molecular weight is 270 g/mol. The molecule has 1 heterocycles. The summed E-state index contributed by atoms with van der Waals surface area (Å²) in [5.74, 6) is 1.37. The van der Waals surface area contributed by atoms with Crippen molar-refractivity contribution in [3.8, 4) is 0 Å². The fourth-order valence-corrected chi connectivity index (χ4v) is 2.21. The third-order valence-electron chi connectivity index (χ3n) is 3.23. The van der Waals surface area contributed by atoms with Crippen LogP contribution in [-0.4, -0.2) is 9.97 Å². The Balaban J connectivity index is 2.19. The van der Waals surface area contributed by atoms with Crippen LogP contribution in [0.15, 0.2) is 30.6 Å². The van der Waals surface area contributed by atoms with Crippen LogP contribution in [-0.2, 0) is 12.8 Å². The summed E-state index contributed by atoms with van der Waals surface area (Å²) in [6.45, 7) is 4.31. The molecule has 0 saturated heterocycles. The fourth-order valence-electron chi connectivity index (χ4n) is 2.21. The van der Waals surface area contributed by atoms with Gasteiger partial charge in [-0.3, -0.25) is 0 Å². The largest absolute Gasteiger partial charge is 0.383 e. The van der Waals surface area contributed by atoms with Crippen molar-refractivity contribution in [1.29, 1.82) is 0 Å². The normalized spacial score (nSPS) is 10.5. The Labute approximate surface area is 120 Å². The van der Waals surface area contributed by atoms with E-state index in [1.807, 2.05) is 0 Å². The van der Waals surface area contributed by atoms with Gasteiger partial charge in [0, 0.05) is 11.3 Å². The van der Waals surface area contributed by atoms with Crippen LogP contribution < -0.4 is 11.1 Å². The van der Waals surface area contributed by atoms with E-state index >= 15 is 0 Å². The lowest BCUT2D eigenvalue weighted by Gasteiger charge is -2.12. The highest BCUT2D eigenvalue weighted by Crippen LogP contribution is 2.23. The Morgan fingerprint density at radius 1 is 1.00 bits per heavy atom. The molecule has 4 heteroatoms. The van der Waals surface area contributed by atoms with Crippen LogP contribution >= 0.6 is 0 Å². The number of nitrogens with zero attached hydrogens (tertiary/aromatic N) is 2. The Hall–Kier alpha value is -2.10. The first-order chi connectivity index (χ1) is 9.74. The second-order valence-corrected chi connectivity index (χ2v) is 4.91. The van der Waals surface area contributed by atoms with E-state index in [0.717, 1.165) is 42.8 Å². The molecule has 0 radical (unpaired) electrons. The molecule has 0 aliphatic heterocycles. The Morgan fingerprint density at radius 3 is 2.35 bits per heavy atom. The topological polar surface area (TPSA) is 63.8 Å². The van der Waals surface area contributed by atoms with Crippen molar-refractivity contribution in [1.82, 2.24) is 9.97 Å². The number of anilines is 3. The zero-order chi connectivity index (χ0) is 14.4. The van der Waals surface area contributed by atoms with Gasteiger partial charge in [-0.25, -0.2) is 9.97 Å². The number of rotatable bonds is 6. The molecule has 2 aromatic rings. The molecule has 3 N–H and O–H groups in total. The zero-order valence-electron chi connectivity index (χ0n) is 12.2. The quantitative estimate of drug-likeness (QED) is 0.840. The minimum atomic E-state index is 0.562. The molecule has 0 saturated carbocycles. The molecule has 0 aliphatic rings. The van der Waals surface area contributed by atoms with Crippen molar-refractivity contribution in [3.63, 3.8) is 0 Å². The van der Waals surface area contributed by atoms with Crippen molar-refractivity contribution in [2.45, 2.75) is 39.5 Å². The van der Waals surface area contributed by atoms with Crippen molar-refractivity contribution in [2.24, 2.45) is 0 Å². The predicted octanol–water partition coefficient (Wildman–Crippen LogP) is 3.71. The second-order valence-electron chi connectivity index (χ2n) is 4.91.